The highest BCUT2D eigenvalue weighted by atomic mass is 15.1. The zero-order chi connectivity index (χ0) is 42.7. The predicted molar refractivity (Wildman–Crippen MR) is 271 cm³/mol. The van der Waals surface area contributed by atoms with E-state index in [4.69, 9.17) is 0 Å². The van der Waals surface area contributed by atoms with E-state index in [2.05, 4.69) is 265 Å². The molecule has 2 unspecified atom stereocenters. The van der Waals surface area contributed by atoms with Crippen LogP contribution in [0.5, 0.6) is 0 Å². The maximum absolute atomic E-state index is 2.35. The molecule has 2 aliphatic rings. The summed E-state index contributed by atoms with van der Waals surface area (Å²) in [7, 11) is 0. The fourth-order valence-electron chi connectivity index (χ4n) is 9.52. The molecule has 9 aromatic carbocycles. The molecule has 0 fully saturated rings. The van der Waals surface area contributed by atoms with Crippen molar-refractivity contribution in [2.45, 2.75) is 24.7 Å². The maximum Gasteiger partial charge on any atom is 0.0462 e. The number of nitrogens with zero attached hydrogens (tertiary/aromatic N) is 2. The molecule has 0 N–H and O–H groups in total. The Hall–Kier alpha value is -7.94. The van der Waals surface area contributed by atoms with Crippen LogP contribution in [0.25, 0.3) is 34.4 Å². The molecule has 0 saturated heterocycles. The summed E-state index contributed by atoms with van der Waals surface area (Å²) in [6, 6.07) is 83.9. The summed E-state index contributed by atoms with van der Waals surface area (Å²) in [5, 5.41) is 0. The van der Waals surface area contributed by atoms with Crippen LogP contribution in [0.15, 0.2) is 243 Å². The molecule has 0 saturated carbocycles. The fourth-order valence-corrected chi connectivity index (χ4v) is 9.52. The van der Waals surface area contributed by atoms with Crippen molar-refractivity contribution in [1.29, 1.82) is 0 Å². The van der Waals surface area contributed by atoms with Crippen molar-refractivity contribution in [2.75, 3.05) is 9.80 Å². The summed E-state index contributed by atoms with van der Waals surface area (Å²) >= 11 is 0. The number of benzene rings is 9. The van der Waals surface area contributed by atoms with E-state index in [0.717, 1.165) is 47.0 Å². The molecule has 64 heavy (non-hydrogen) atoms. The third-order valence-corrected chi connectivity index (χ3v) is 13.0. The second-order valence-electron chi connectivity index (χ2n) is 16.9. The Labute approximate surface area is 377 Å². The lowest BCUT2D eigenvalue weighted by molar-refractivity contribution is 0.827. The summed E-state index contributed by atoms with van der Waals surface area (Å²) in [5.74, 6) is 0.754. The van der Waals surface area contributed by atoms with Gasteiger partial charge in [-0.1, -0.05) is 182 Å². The minimum atomic E-state index is 0.377. The Morgan fingerprint density at radius 2 is 0.547 bits per heavy atom. The van der Waals surface area contributed by atoms with Crippen molar-refractivity contribution in [3.8, 4) is 22.3 Å². The lowest BCUT2D eigenvalue weighted by Gasteiger charge is -2.26. The van der Waals surface area contributed by atoms with Gasteiger partial charge in [0.25, 0.3) is 0 Å². The van der Waals surface area contributed by atoms with E-state index in [0.29, 0.717) is 11.8 Å². The Morgan fingerprint density at radius 1 is 0.266 bits per heavy atom. The topological polar surface area (TPSA) is 6.48 Å². The van der Waals surface area contributed by atoms with Gasteiger partial charge in [-0.2, -0.15) is 0 Å². The molecule has 0 radical (unpaired) electrons. The van der Waals surface area contributed by atoms with Gasteiger partial charge >= 0.3 is 0 Å². The van der Waals surface area contributed by atoms with Gasteiger partial charge in [-0.15, -0.1) is 0 Å². The maximum atomic E-state index is 2.35. The van der Waals surface area contributed by atoms with Gasteiger partial charge in [0, 0.05) is 46.0 Å². The predicted octanol–water partition coefficient (Wildman–Crippen LogP) is 16.7. The molecule has 0 aromatic heterocycles. The first-order valence-corrected chi connectivity index (χ1v) is 22.4. The Bertz CT molecular complexity index is 2840. The van der Waals surface area contributed by atoms with Gasteiger partial charge in [-0.25, -0.2) is 0 Å². The third kappa shape index (κ3) is 7.98. The van der Waals surface area contributed by atoms with E-state index >= 15 is 0 Å². The summed E-state index contributed by atoms with van der Waals surface area (Å²) in [6.07, 6.45) is 11.3. The molecule has 0 heterocycles. The van der Waals surface area contributed by atoms with E-state index in [1.54, 1.807) is 0 Å². The van der Waals surface area contributed by atoms with E-state index in [-0.39, 0.29) is 0 Å². The summed E-state index contributed by atoms with van der Waals surface area (Å²) in [6.45, 7) is 0. The SMILES string of the molecule is C1=CC(c2ccc(N(c3ccccc3)c3ccc(-c4ccc(-c5ccc(N(c6ccccc6)c6ccc(C7C=Cc8ccccc8C7)cc6)cc5)cc4)cc3)cc2)Cc2ccccc21. The van der Waals surface area contributed by atoms with Crippen molar-refractivity contribution < 1.29 is 0 Å². The molecular formula is C62H48N2. The van der Waals surface area contributed by atoms with Crippen molar-refractivity contribution in [3.63, 3.8) is 0 Å². The second kappa shape index (κ2) is 17.4. The zero-order valence-corrected chi connectivity index (χ0v) is 35.7. The van der Waals surface area contributed by atoms with Crippen LogP contribution < -0.4 is 9.80 Å². The third-order valence-electron chi connectivity index (χ3n) is 13.0. The number of allylic oxidation sites excluding steroid dienone is 2. The quantitative estimate of drug-likeness (QED) is 0.136. The highest BCUT2D eigenvalue weighted by Crippen LogP contribution is 2.40. The molecule has 0 amide bonds. The summed E-state index contributed by atoms with van der Waals surface area (Å²) in [5.41, 5.74) is 19.7. The van der Waals surface area contributed by atoms with Gasteiger partial charge in [-0.3, -0.25) is 0 Å². The molecule has 11 rings (SSSR count). The molecule has 2 heteroatoms. The van der Waals surface area contributed by atoms with Crippen LogP contribution in [-0.2, 0) is 12.8 Å². The van der Waals surface area contributed by atoms with Crippen molar-refractivity contribution in [3.05, 3.63) is 276 Å². The zero-order valence-electron chi connectivity index (χ0n) is 35.7. The highest BCUT2D eigenvalue weighted by molar-refractivity contribution is 5.81. The van der Waals surface area contributed by atoms with Crippen LogP contribution in [-0.4, -0.2) is 0 Å². The summed E-state index contributed by atoms with van der Waals surface area (Å²) < 4.78 is 0. The number of rotatable bonds is 10. The minimum absolute atomic E-state index is 0.377. The minimum Gasteiger partial charge on any atom is -0.311 e. The number of hydrogen-bond donors (Lipinski definition) is 0. The first-order chi connectivity index (χ1) is 31.7. The van der Waals surface area contributed by atoms with Gasteiger partial charge in [0.05, 0.1) is 0 Å². The molecule has 2 nitrogen and oxygen atoms in total. The van der Waals surface area contributed by atoms with Crippen molar-refractivity contribution in [1.82, 2.24) is 0 Å². The smallest absolute Gasteiger partial charge is 0.0462 e. The number of fused-ring (bicyclic) bond motifs is 2. The van der Waals surface area contributed by atoms with Gasteiger partial charge in [0.15, 0.2) is 0 Å². The van der Waals surface area contributed by atoms with E-state index in [1.165, 1.54) is 55.6 Å². The van der Waals surface area contributed by atoms with Crippen LogP contribution >= 0.6 is 0 Å². The molecule has 9 aromatic rings. The second-order valence-corrected chi connectivity index (χ2v) is 16.9. The fraction of sp³-hybridized carbons (Fsp3) is 0.0645. The molecule has 0 aliphatic heterocycles. The molecule has 0 bridgehead atoms. The average Bonchev–Trinajstić information content (AvgIpc) is 3.38. The molecule has 2 aliphatic carbocycles. The Morgan fingerprint density at radius 3 is 0.906 bits per heavy atom. The van der Waals surface area contributed by atoms with E-state index < -0.39 is 0 Å². The van der Waals surface area contributed by atoms with Crippen LogP contribution in [0.2, 0.25) is 0 Å². The van der Waals surface area contributed by atoms with Gasteiger partial charge in [-0.05, 0) is 141 Å². The first kappa shape index (κ1) is 38.9. The molecule has 2 atom stereocenters. The molecule has 0 spiro atoms. The normalized spacial score (nSPS) is 14.9. The highest BCUT2D eigenvalue weighted by Gasteiger charge is 2.19. The lowest BCUT2D eigenvalue weighted by atomic mass is 9.85. The van der Waals surface area contributed by atoms with Gasteiger partial charge < -0.3 is 9.80 Å². The molecule has 306 valence electrons. The number of hydrogen-bond acceptors (Lipinski definition) is 2. The standard InChI is InChI=1S/C62H48N2/c1-3-15-57(16-4-1)63(61-39-31-51(32-40-61)55-25-23-45-11-7-9-13-53(45)43-55)59-35-27-49(28-36-59)47-19-21-48(22-20-47)50-29-37-60(38-30-50)64(58-17-5-2-6-18-58)62-41-33-52(34-42-62)56-26-24-46-12-8-10-14-54(46)44-56/h1-42,55-56H,43-44H2. The van der Waals surface area contributed by atoms with Crippen LogP contribution in [0.3, 0.4) is 0 Å². The van der Waals surface area contributed by atoms with E-state index in [9.17, 15) is 0 Å². The Balaban J connectivity index is 0.804. The van der Waals surface area contributed by atoms with Crippen molar-refractivity contribution in [2.24, 2.45) is 0 Å². The van der Waals surface area contributed by atoms with Gasteiger partial charge in [0.2, 0.25) is 0 Å². The number of anilines is 6. The Kier molecular flexibility index (Phi) is 10.6. The number of para-hydroxylation sites is 2. The van der Waals surface area contributed by atoms with Crippen LogP contribution in [0.1, 0.15) is 45.2 Å². The monoisotopic (exact) mass is 820 g/mol. The first-order valence-electron chi connectivity index (χ1n) is 22.4. The average molecular weight is 821 g/mol. The molecular weight excluding hydrogens is 773 g/mol. The van der Waals surface area contributed by atoms with E-state index in [1.807, 2.05) is 0 Å². The van der Waals surface area contributed by atoms with Gasteiger partial charge in [0.1, 0.15) is 0 Å². The lowest BCUT2D eigenvalue weighted by Crippen LogP contribution is -2.10. The van der Waals surface area contributed by atoms with Crippen LogP contribution in [0, 0.1) is 0 Å². The largest absolute Gasteiger partial charge is 0.311 e. The van der Waals surface area contributed by atoms with Crippen molar-refractivity contribution >= 4 is 46.3 Å². The summed E-state index contributed by atoms with van der Waals surface area (Å²) in [4.78, 5) is 4.68. The van der Waals surface area contributed by atoms with Crippen LogP contribution in [0.4, 0.5) is 34.1 Å².